The van der Waals surface area contributed by atoms with Crippen LogP contribution in [0.4, 0.5) is 0 Å². The molecule has 1 atom stereocenters. The number of nitrogens with zero attached hydrogens (tertiary/aromatic N) is 2. The Morgan fingerprint density at radius 2 is 2.19 bits per heavy atom. The molecule has 108 valence electrons. The molecule has 1 saturated heterocycles. The zero-order valence-electron chi connectivity index (χ0n) is 11.2. The summed E-state index contributed by atoms with van der Waals surface area (Å²) in [5.74, 6) is -0.341. The smallest absolute Gasteiger partial charge is 0.233 e. The maximum Gasteiger partial charge on any atom is 0.233 e. The molecule has 1 aliphatic rings. The highest BCUT2D eigenvalue weighted by atomic mass is 16.6. The molecule has 0 saturated carbocycles. The summed E-state index contributed by atoms with van der Waals surface area (Å²) < 4.78 is 4.48. The molecule has 21 heavy (non-hydrogen) atoms. The molecule has 1 aliphatic heterocycles. The highest BCUT2D eigenvalue weighted by Gasteiger charge is 2.46. The molecule has 3 rings (SSSR count). The summed E-state index contributed by atoms with van der Waals surface area (Å²) in [4.78, 5) is 24.3. The van der Waals surface area contributed by atoms with E-state index in [1.54, 1.807) is 0 Å². The highest BCUT2D eigenvalue weighted by molar-refractivity contribution is 5.97. The van der Waals surface area contributed by atoms with Gasteiger partial charge in [-0.25, -0.2) is 4.63 Å². The van der Waals surface area contributed by atoms with Crippen LogP contribution in [0.15, 0.2) is 41.2 Å². The third-order valence-electron chi connectivity index (χ3n) is 3.65. The van der Waals surface area contributed by atoms with E-state index in [0.29, 0.717) is 12.2 Å². The Morgan fingerprint density at radius 1 is 1.38 bits per heavy atom. The van der Waals surface area contributed by atoms with Gasteiger partial charge in [0, 0.05) is 13.0 Å². The van der Waals surface area contributed by atoms with Gasteiger partial charge in [0.1, 0.15) is 11.1 Å². The first-order chi connectivity index (χ1) is 10.2. The predicted octanol–water partition coefficient (Wildman–Crippen LogP) is 0.144. The predicted molar refractivity (Wildman–Crippen MR) is 71.9 cm³/mol. The zero-order valence-corrected chi connectivity index (χ0v) is 11.2. The largest absolute Gasteiger partial charge is 0.355 e. The summed E-state index contributed by atoms with van der Waals surface area (Å²) in [7, 11) is 0. The summed E-state index contributed by atoms with van der Waals surface area (Å²) >= 11 is 0. The Morgan fingerprint density at radius 3 is 2.81 bits per heavy atom. The lowest BCUT2D eigenvalue weighted by atomic mass is 9.78. The van der Waals surface area contributed by atoms with Crippen LogP contribution in [0.1, 0.15) is 17.7 Å². The minimum Gasteiger partial charge on any atom is -0.355 e. The molecule has 2 amide bonds. The number of hydrogen-bond acceptors (Lipinski definition) is 5. The van der Waals surface area contributed by atoms with Crippen LogP contribution in [0, 0.1) is 0 Å². The van der Waals surface area contributed by atoms with Crippen molar-refractivity contribution in [1.29, 1.82) is 0 Å². The van der Waals surface area contributed by atoms with E-state index >= 15 is 0 Å². The Bertz CT molecular complexity index is 642. The van der Waals surface area contributed by atoms with Crippen LogP contribution >= 0.6 is 0 Å². The average Bonchev–Trinajstić information content (AvgIpc) is 3.16. The Hall–Kier alpha value is -2.70. The minimum atomic E-state index is -0.879. The molecule has 7 nitrogen and oxygen atoms in total. The van der Waals surface area contributed by atoms with Crippen molar-refractivity contribution in [3.05, 3.63) is 47.8 Å². The van der Waals surface area contributed by atoms with Crippen molar-refractivity contribution in [2.24, 2.45) is 0 Å². The molecule has 1 fully saturated rings. The third kappa shape index (κ3) is 2.49. The summed E-state index contributed by atoms with van der Waals surface area (Å²) in [6.07, 6.45) is 1.58. The number of amides is 2. The van der Waals surface area contributed by atoms with Crippen molar-refractivity contribution in [1.82, 2.24) is 20.9 Å². The monoisotopic (exact) mass is 286 g/mol. The standard InChI is InChI=1S/C14H14N4O3/c19-12-6-14(9-16-12,10-4-2-1-3-5-10)13(20)15-7-11-8-17-21-18-11/h1-5,8H,6-7,9H2,(H,15,20)(H,16,19). The Balaban J connectivity index is 1.82. The quantitative estimate of drug-likeness (QED) is 0.833. The van der Waals surface area contributed by atoms with Crippen LogP contribution < -0.4 is 10.6 Å². The van der Waals surface area contributed by atoms with Gasteiger partial charge in [0.05, 0.1) is 12.7 Å². The number of carbonyl (C=O) groups excluding carboxylic acids is 2. The third-order valence-corrected chi connectivity index (χ3v) is 3.65. The van der Waals surface area contributed by atoms with Crippen LogP contribution in [0.2, 0.25) is 0 Å². The summed E-state index contributed by atoms with van der Waals surface area (Å²) in [5.41, 5.74) is 0.471. The summed E-state index contributed by atoms with van der Waals surface area (Å²) in [6.45, 7) is 0.504. The van der Waals surface area contributed by atoms with Crippen LogP contribution in [0.5, 0.6) is 0 Å². The molecule has 1 aromatic heterocycles. The first kappa shape index (κ1) is 13.3. The van der Waals surface area contributed by atoms with Gasteiger partial charge in [-0.05, 0) is 5.56 Å². The van der Waals surface area contributed by atoms with Gasteiger partial charge in [-0.15, -0.1) is 0 Å². The molecule has 2 aromatic rings. The van der Waals surface area contributed by atoms with Crippen LogP contribution in [-0.4, -0.2) is 28.7 Å². The van der Waals surface area contributed by atoms with Gasteiger partial charge in [-0.1, -0.05) is 40.6 Å². The number of carbonyl (C=O) groups is 2. The van der Waals surface area contributed by atoms with Gasteiger partial charge in [0.25, 0.3) is 0 Å². The lowest BCUT2D eigenvalue weighted by Gasteiger charge is -2.26. The van der Waals surface area contributed by atoms with E-state index in [9.17, 15) is 9.59 Å². The number of nitrogens with one attached hydrogen (secondary N) is 2. The molecule has 0 spiro atoms. The van der Waals surface area contributed by atoms with E-state index < -0.39 is 5.41 Å². The Kier molecular flexibility index (Phi) is 3.39. The molecular formula is C14H14N4O3. The number of benzene rings is 1. The van der Waals surface area contributed by atoms with Crippen molar-refractivity contribution in [3.8, 4) is 0 Å². The van der Waals surface area contributed by atoms with Crippen molar-refractivity contribution in [2.75, 3.05) is 6.54 Å². The molecule has 0 aliphatic carbocycles. The molecular weight excluding hydrogens is 272 g/mol. The van der Waals surface area contributed by atoms with E-state index in [1.807, 2.05) is 30.3 Å². The summed E-state index contributed by atoms with van der Waals surface area (Å²) in [6, 6.07) is 9.30. The van der Waals surface area contributed by atoms with E-state index in [-0.39, 0.29) is 24.8 Å². The molecule has 7 heteroatoms. The fourth-order valence-electron chi connectivity index (χ4n) is 2.50. The van der Waals surface area contributed by atoms with Crippen molar-refractivity contribution < 1.29 is 14.2 Å². The molecule has 2 heterocycles. The lowest BCUT2D eigenvalue weighted by molar-refractivity contribution is -0.128. The first-order valence-electron chi connectivity index (χ1n) is 6.58. The van der Waals surface area contributed by atoms with Gasteiger partial charge in [0.2, 0.25) is 11.8 Å². The second-order valence-electron chi connectivity index (χ2n) is 4.98. The molecule has 1 unspecified atom stereocenters. The highest BCUT2D eigenvalue weighted by Crippen LogP contribution is 2.31. The van der Waals surface area contributed by atoms with Gasteiger partial charge < -0.3 is 10.6 Å². The normalized spacial score (nSPS) is 21.0. The maximum absolute atomic E-state index is 12.6. The number of aromatic nitrogens is 2. The molecule has 1 aromatic carbocycles. The van der Waals surface area contributed by atoms with Crippen molar-refractivity contribution in [3.63, 3.8) is 0 Å². The van der Waals surface area contributed by atoms with Crippen molar-refractivity contribution >= 4 is 11.8 Å². The molecule has 0 radical (unpaired) electrons. The van der Waals surface area contributed by atoms with Crippen LogP contribution in [0.3, 0.4) is 0 Å². The van der Waals surface area contributed by atoms with E-state index in [4.69, 9.17) is 0 Å². The Labute approximate surface area is 120 Å². The van der Waals surface area contributed by atoms with E-state index in [1.165, 1.54) is 6.20 Å². The van der Waals surface area contributed by atoms with Crippen LogP contribution in [0.25, 0.3) is 0 Å². The fourth-order valence-corrected chi connectivity index (χ4v) is 2.50. The van der Waals surface area contributed by atoms with Crippen molar-refractivity contribution in [2.45, 2.75) is 18.4 Å². The van der Waals surface area contributed by atoms with Crippen LogP contribution in [-0.2, 0) is 21.5 Å². The minimum absolute atomic E-state index is 0.128. The molecule has 2 N–H and O–H groups in total. The molecule has 0 bridgehead atoms. The van der Waals surface area contributed by atoms with Gasteiger partial charge in [-0.3, -0.25) is 9.59 Å². The SMILES string of the molecule is O=C1CC(C(=O)NCc2cnon2)(c2ccccc2)CN1. The first-order valence-corrected chi connectivity index (χ1v) is 6.58. The second kappa shape index (κ2) is 5.35. The maximum atomic E-state index is 12.6. The van der Waals surface area contributed by atoms with E-state index in [0.717, 1.165) is 5.56 Å². The van der Waals surface area contributed by atoms with Gasteiger partial charge in [-0.2, -0.15) is 0 Å². The lowest BCUT2D eigenvalue weighted by Crippen LogP contribution is -2.45. The number of hydrogen-bond donors (Lipinski definition) is 2. The van der Waals surface area contributed by atoms with Gasteiger partial charge in [0.15, 0.2) is 0 Å². The average molecular weight is 286 g/mol. The second-order valence-corrected chi connectivity index (χ2v) is 4.98. The fraction of sp³-hybridized carbons (Fsp3) is 0.286. The van der Waals surface area contributed by atoms with E-state index in [2.05, 4.69) is 25.6 Å². The summed E-state index contributed by atoms with van der Waals surface area (Å²) in [5, 5.41) is 12.7. The number of rotatable bonds is 4. The van der Waals surface area contributed by atoms with Gasteiger partial charge >= 0.3 is 0 Å². The zero-order chi connectivity index (χ0) is 14.7. The topological polar surface area (TPSA) is 97.1 Å².